The zero-order valence-electron chi connectivity index (χ0n) is 10.4. The highest BCUT2D eigenvalue weighted by Crippen LogP contribution is 2.28. The molecule has 0 aliphatic heterocycles. The number of hydrogen-bond donors (Lipinski definition) is 0. The van der Waals surface area contributed by atoms with Crippen molar-refractivity contribution in [3.05, 3.63) is 59.4 Å². The summed E-state index contributed by atoms with van der Waals surface area (Å²) < 4.78 is 24.1. The van der Waals surface area contributed by atoms with Gasteiger partial charge in [-0.3, -0.25) is 0 Å². The summed E-state index contributed by atoms with van der Waals surface area (Å²) in [5, 5.41) is 8.85. The lowest BCUT2D eigenvalue weighted by atomic mass is 10.2. The number of methoxy groups -OCH3 is 1. The SMILES string of the molecule is COc1ccc(C#N)cc1OCc1ccccc1F. The third kappa shape index (κ3) is 3.02. The highest BCUT2D eigenvalue weighted by atomic mass is 19.1. The predicted molar refractivity (Wildman–Crippen MR) is 68.4 cm³/mol. The molecule has 96 valence electrons. The molecule has 0 fully saturated rings. The van der Waals surface area contributed by atoms with Crippen molar-refractivity contribution in [3.63, 3.8) is 0 Å². The fourth-order valence-corrected chi connectivity index (χ4v) is 1.63. The quantitative estimate of drug-likeness (QED) is 0.844. The zero-order valence-corrected chi connectivity index (χ0v) is 10.4. The monoisotopic (exact) mass is 257 g/mol. The summed E-state index contributed by atoms with van der Waals surface area (Å²) in [6, 6.07) is 13.3. The summed E-state index contributed by atoms with van der Waals surface area (Å²) in [6.07, 6.45) is 0. The van der Waals surface area contributed by atoms with Crippen molar-refractivity contribution in [1.82, 2.24) is 0 Å². The number of benzene rings is 2. The second-order valence-corrected chi connectivity index (χ2v) is 3.86. The van der Waals surface area contributed by atoms with Crippen LogP contribution in [0.5, 0.6) is 11.5 Å². The molecule has 0 spiro atoms. The maximum atomic E-state index is 13.5. The molecule has 0 bridgehead atoms. The van der Waals surface area contributed by atoms with E-state index in [9.17, 15) is 4.39 Å². The van der Waals surface area contributed by atoms with E-state index in [0.717, 1.165) is 0 Å². The molecule has 0 aliphatic rings. The Hall–Kier alpha value is -2.54. The Morgan fingerprint density at radius 1 is 1.16 bits per heavy atom. The van der Waals surface area contributed by atoms with Gasteiger partial charge in [0.15, 0.2) is 11.5 Å². The van der Waals surface area contributed by atoms with Gasteiger partial charge < -0.3 is 9.47 Å². The molecule has 19 heavy (non-hydrogen) atoms. The van der Waals surface area contributed by atoms with Gasteiger partial charge in [0, 0.05) is 11.6 Å². The lowest BCUT2D eigenvalue weighted by Gasteiger charge is -2.11. The molecule has 0 heterocycles. The minimum absolute atomic E-state index is 0.0813. The van der Waals surface area contributed by atoms with Crippen molar-refractivity contribution in [2.24, 2.45) is 0 Å². The Labute approximate surface area is 110 Å². The molecular weight excluding hydrogens is 245 g/mol. The molecule has 0 saturated carbocycles. The van der Waals surface area contributed by atoms with E-state index in [1.165, 1.54) is 13.2 Å². The van der Waals surface area contributed by atoms with Crippen molar-refractivity contribution < 1.29 is 13.9 Å². The Morgan fingerprint density at radius 3 is 2.63 bits per heavy atom. The third-order valence-electron chi connectivity index (χ3n) is 2.63. The van der Waals surface area contributed by atoms with Gasteiger partial charge in [0.25, 0.3) is 0 Å². The van der Waals surface area contributed by atoms with Gasteiger partial charge in [0.2, 0.25) is 0 Å². The number of hydrogen-bond acceptors (Lipinski definition) is 3. The molecular formula is C15H12FNO2. The van der Waals surface area contributed by atoms with Crippen molar-refractivity contribution in [1.29, 1.82) is 5.26 Å². The van der Waals surface area contributed by atoms with E-state index in [4.69, 9.17) is 14.7 Å². The minimum atomic E-state index is -0.321. The first-order chi connectivity index (χ1) is 9.24. The lowest BCUT2D eigenvalue weighted by Crippen LogP contribution is -2.00. The molecule has 2 aromatic rings. The molecule has 0 aliphatic carbocycles. The van der Waals surface area contributed by atoms with E-state index in [1.807, 2.05) is 6.07 Å². The maximum absolute atomic E-state index is 13.5. The Morgan fingerprint density at radius 2 is 1.95 bits per heavy atom. The molecule has 0 unspecified atom stereocenters. The van der Waals surface area contributed by atoms with Gasteiger partial charge in [0.1, 0.15) is 12.4 Å². The van der Waals surface area contributed by atoms with Crippen LogP contribution < -0.4 is 9.47 Å². The number of nitrogens with zero attached hydrogens (tertiary/aromatic N) is 1. The summed E-state index contributed by atoms with van der Waals surface area (Å²) in [5.74, 6) is 0.609. The summed E-state index contributed by atoms with van der Waals surface area (Å²) >= 11 is 0. The van der Waals surface area contributed by atoms with Gasteiger partial charge in [-0.2, -0.15) is 5.26 Å². The van der Waals surface area contributed by atoms with Crippen LogP contribution in [0.2, 0.25) is 0 Å². The zero-order chi connectivity index (χ0) is 13.7. The van der Waals surface area contributed by atoms with Gasteiger partial charge in [-0.05, 0) is 18.2 Å². The maximum Gasteiger partial charge on any atom is 0.162 e. The highest BCUT2D eigenvalue weighted by Gasteiger charge is 2.07. The van der Waals surface area contributed by atoms with Crippen LogP contribution in [0.25, 0.3) is 0 Å². The van der Waals surface area contributed by atoms with Crippen LogP contribution in [0.1, 0.15) is 11.1 Å². The molecule has 2 rings (SSSR count). The third-order valence-corrected chi connectivity index (χ3v) is 2.63. The van der Waals surface area contributed by atoms with Crippen LogP contribution in [0.3, 0.4) is 0 Å². The van der Waals surface area contributed by atoms with Gasteiger partial charge in [-0.15, -0.1) is 0 Å². The fraction of sp³-hybridized carbons (Fsp3) is 0.133. The summed E-state index contributed by atoms with van der Waals surface area (Å²) in [4.78, 5) is 0. The smallest absolute Gasteiger partial charge is 0.162 e. The summed E-state index contributed by atoms with van der Waals surface area (Å²) in [6.45, 7) is 0.0813. The second-order valence-electron chi connectivity index (χ2n) is 3.86. The highest BCUT2D eigenvalue weighted by molar-refractivity contribution is 5.46. The van der Waals surface area contributed by atoms with Crippen LogP contribution in [-0.4, -0.2) is 7.11 Å². The first-order valence-electron chi connectivity index (χ1n) is 5.69. The van der Waals surface area contributed by atoms with E-state index >= 15 is 0 Å². The van der Waals surface area contributed by atoms with Crippen molar-refractivity contribution in [2.75, 3.05) is 7.11 Å². The molecule has 0 amide bonds. The minimum Gasteiger partial charge on any atom is -0.493 e. The van der Waals surface area contributed by atoms with E-state index in [0.29, 0.717) is 22.6 Å². The fourth-order valence-electron chi connectivity index (χ4n) is 1.63. The first kappa shape index (κ1) is 12.9. The van der Waals surface area contributed by atoms with Gasteiger partial charge in [-0.25, -0.2) is 4.39 Å². The van der Waals surface area contributed by atoms with Crippen LogP contribution in [-0.2, 0) is 6.61 Å². The molecule has 2 aromatic carbocycles. The normalized spacial score (nSPS) is 9.74. The number of rotatable bonds is 4. The standard InChI is InChI=1S/C15H12FNO2/c1-18-14-7-6-11(9-17)8-15(14)19-10-12-4-2-3-5-13(12)16/h2-8H,10H2,1H3. The predicted octanol–water partition coefficient (Wildman–Crippen LogP) is 3.28. The van der Waals surface area contributed by atoms with E-state index in [1.54, 1.807) is 36.4 Å². The topological polar surface area (TPSA) is 42.2 Å². The van der Waals surface area contributed by atoms with Gasteiger partial charge >= 0.3 is 0 Å². The van der Waals surface area contributed by atoms with E-state index in [-0.39, 0.29) is 12.4 Å². The van der Waals surface area contributed by atoms with Crippen LogP contribution in [0, 0.1) is 17.1 Å². The van der Waals surface area contributed by atoms with Gasteiger partial charge in [0.05, 0.1) is 18.7 Å². The molecule has 0 N–H and O–H groups in total. The lowest BCUT2D eigenvalue weighted by molar-refractivity contribution is 0.279. The molecule has 0 radical (unpaired) electrons. The van der Waals surface area contributed by atoms with Crippen LogP contribution in [0.4, 0.5) is 4.39 Å². The molecule has 0 atom stereocenters. The Balaban J connectivity index is 2.19. The summed E-state index contributed by atoms with van der Waals surface area (Å²) in [5.41, 5.74) is 0.913. The molecule has 3 nitrogen and oxygen atoms in total. The molecule has 0 aromatic heterocycles. The van der Waals surface area contributed by atoms with Crippen molar-refractivity contribution >= 4 is 0 Å². The van der Waals surface area contributed by atoms with E-state index in [2.05, 4.69) is 0 Å². The Bertz CT molecular complexity index is 620. The number of nitriles is 1. The van der Waals surface area contributed by atoms with Gasteiger partial charge in [-0.1, -0.05) is 18.2 Å². The van der Waals surface area contributed by atoms with Crippen molar-refractivity contribution in [2.45, 2.75) is 6.61 Å². The number of halogens is 1. The number of ether oxygens (including phenoxy) is 2. The molecule has 4 heteroatoms. The van der Waals surface area contributed by atoms with E-state index < -0.39 is 0 Å². The Kier molecular flexibility index (Phi) is 3.99. The first-order valence-corrected chi connectivity index (χ1v) is 5.69. The van der Waals surface area contributed by atoms with Crippen LogP contribution in [0.15, 0.2) is 42.5 Å². The van der Waals surface area contributed by atoms with Crippen LogP contribution >= 0.6 is 0 Å². The average molecular weight is 257 g/mol. The average Bonchev–Trinajstić information content (AvgIpc) is 2.46. The second kappa shape index (κ2) is 5.87. The molecule has 0 saturated heterocycles. The summed E-state index contributed by atoms with van der Waals surface area (Å²) in [7, 11) is 1.51. The van der Waals surface area contributed by atoms with Crippen molar-refractivity contribution in [3.8, 4) is 17.6 Å². The largest absolute Gasteiger partial charge is 0.493 e.